The Morgan fingerprint density at radius 3 is 2.63 bits per heavy atom. The zero-order valence-corrected chi connectivity index (χ0v) is 15.2. The van der Waals surface area contributed by atoms with Gasteiger partial charge in [0.1, 0.15) is 11.8 Å². The van der Waals surface area contributed by atoms with E-state index in [0.29, 0.717) is 17.4 Å². The van der Waals surface area contributed by atoms with Crippen molar-refractivity contribution in [2.75, 3.05) is 26.6 Å². The van der Waals surface area contributed by atoms with Gasteiger partial charge >= 0.3 is 0 Å². The number of rotatable bonds is 5. The Hall–Kier alpha value is -3.55. The van der Waals surface area contributed by atoms with Crippen molar-refractivity contribution in [3.05, 3.63) is 59.7 Å². The van der Waals surface area contributed by atoms with Crippen molar-refractivity contribution in [3.63, 3.8) is 0 Å². The maximum atomic E-state index is 5.61. The van der Waals surface area contributed by atoms with E-state index in [-0.39, 0.29) is 6.04 Å². The van der Waals surface area contributed by atoms with Gasteiger partial charge < -0.3 is 19.5 Å². The smallest absolute Gasteiger partial charge is 0.248 e. The van der Waals surface area contributed by atoms with E-state index in [1.165, 1.54) is 0 Å². The first-order valence-electron chi connectivity index (χ1n) is 8.37. The first-order chi connectivity index (χ1) is 13.2. The summed E-state index contributed by atoms with van der Waals surface area (Å²) in [5.74, 6) is 2.62. The highest BCUT2D eigenvalue weighted by atomic mass is 16.5. The highest BCUT2D eigenvalue weighted by Gasteiger charge is 2.27. The number of hydrogen-bond acceptors (Lipinski definition) is 7. The van der Waals surface area contributed by atoms with E-state index in [0.717, 1.165) is 22.6 Å². The Morgan fingerprint density at radius 1 is 1.00 bits per heavy atom. The average Bonchev–Trinajstić information content (AvgIpc) is 3.21. The van der Waals surface area contributed by atoms with E-state index < -0.39 is 0 Å². The molecule has 138 valence electrons. The largest absolute Gasteiger partial charge is 0.497 e. The van der Waals surface area contributed by atoms with Gasteiger partial charge in [-0.15, -0.1) is 0 Å². The first kappa shape index (κ1) is 16.9. The minimum atomic E-state index is -0.262. The molecule has 27 heavy (non-hydrogen) atoms. The fourth-order valence-electron chi connectivity index (χ4n) is 3.18. The molecule has 8 nitrogen and oxygen atoms in total. The van der Waals surface area contributed by atoms with Gasteiger partial charge in [0, 0.05) is 16.8 Å². The number of hydrogen-bond donors (Lipinski definition) is 1. The van der Waals surface area contributed by atoms with Crippen LogP contribution in [0.2, 0.25) is 0 Å². The predicted octanol–water partition coefficient (Wildman–Crippen LogP) is 2.75. The lowest BCUT2D eigenvalue weighted by molar-refractivity contribution is 0.348. The molecule has 0 unspecified atom stereocenters. The molecule has 0 radical (unpaired) electrons. The van der Waals surface area contributed by atoms with Crippen molar-refractivity contribution >= 4 is 11.6 Å². The van der Waals surface area contributed by atoms with Crippen molar-refractivity contribution < 1.29 is 14.2 Å². The fraction of sp³-hybridized carbons (Fsp3) is 0.211. The number of aromatic nitrogens is 4. The molecule has 0 saturated heterocycles. The molecule has 2 heterocycles. The molecule has 0 bridgehead atoms. The Labute approximate surface area is 156 Å². The van der Waals surface area contributed by atoms with Crippen LogP contribution in [0.4, 0.5) is 5.95 Å². The second kappa shape index (κ2) is 6.99. The zero-order chi connectivity index (χ0) is 18.8. The number of fused-ring (bicyclic) bond motifs is 1. The summed E-state index contributed by atoms with van der Waals surface area (Å²) in [5.41, 5.74) is 2.74. The number of benzene rings is 2. The van der Waals surface area contributed by atoms with E-state index in [4.69, 9.17) is 14.2 Å². The van der Waals surface area contributed by atoms with Crippen molar-refractivity contribution in [1.29, 1.82) is 0 Å². The summed E-state index contributed by atoms with van der Waals surface area (Å²) < 4.78 is 18.1. The number of para-hydroxylation sites is 1. The van der Waals surface area contributed by atoms with Crippen LogP contribution >= 0.6 is 0 Å². The zero-order valence-electron chi connectivity index (χ0n) is 15.2. The van der Waals surface area contributed by atoms with Gasteiger partial charge in [-0.1, -0.05) is 29.4 Å². The van der Waals surface area contributed by atoms with Crippen molar-refractivity contribution in [1.82, 2.24) is 20.2 Å². The molecule has 0 saturated carbocycles. The van der Waals surface area contributed by atoms with Gasteiger partial charge in [-0.25, -0.2) is 0 Å². The van der Waals surface area contributed by atoms with E-state index >= 15 is 0 Å². The molecule has 3 aromatic rings. The van der Waals surface area contributed by atoms with Crippen molar-refractivity contribution in [3.8, 4) is 17.2 Å². The summed E-state index contributed by atoms with van der Waals surface area (Å²) in [6.07, 6.45) is 2.05. The van der Waals surface area contributed by atoms with Gasteiger partial charge in [0.25, 0.3) is 0 Å². The topological polar surface area (TPSA) is 83.3 Å². The Bertz CT molecular complexity index is 999. The highest BCUT2D eigenvalue weighted by molar-refractivity contribution is 5.77. The third-order valence-electron chi connectivity index (χ3n) is 4.46. The fourth-order valence-corrected chi connectivity index (χ4v) is 3.18. The lowest BCUT2D eigenvalue weighted by atomic mass is 10.0. The van der Waals surface area contributed by atoms with Crippen LogP contribution < -0.4 is 19.5 Å². The van der Waals surface area contributed by atoms with Crippen LogP contribution in [0.15, 0.2) is 48.5 Å². The monoisotopic (exact) mass is 365 g/mol. The minimum absolute atomic E-state index is 0.262. The van der Waals surface area contributed by atoms with Crippen LogP contribution in [0.3, 0.4) is 0 Å². The van der Waals surface area contributed by atoms with Gasteiger partial charge in [0.15, 0.2) is 11.5 Å². The molecule has 1 aromatic heterocycles. The van der Waals surface area contributed by atoms with Crippen LogP contribution in [-0.4, -0.2) is 41.5 Å². The third-order valence-corrected chi connectivity index (χ3v) is 4.46. The average molecular weight is 365 g/mol. The molecular weight excluding hydrogens is 346 g/mol. The molecule has 1 atom stereocenters. The maximum Gasteiger partial charge on any atom is 0.248 e. The summed E-state index contributed by atoms with van der Waals surface area (Å²) in [6.45, 7) is 0. The molecule has 0 aliphatic carbocycles. The normalized spacial score (nSPS) is 15.4. The van der Waals surface area contributed by atoms with Crippen LogP contribution in [0.5, 0.6) is 17.2 Å². The summed E-state index contributed by atoms with van der Waals surface area (Å²) >= 11 is 0. The number of ether oxygens (including phenoxy) is 3. The van der Waals surface area contributed by atoms with Crippen LogP contribution in [0, 0.1) is 0 Å². The van der Waals surface area contributed by atoms with E-state index in [9.17, 15) is 0 Å². The summed E-state index contributed by atoms with van der Waals surface area (Å²) in [7, 11) is 4.88. The maximum absolute atomic E-state index is 5.61. The second-order valence-corrected chi connectivity index (χ2v) is 5.91. The molecule has 4 rings (SSSR count). The van der Waals surface area contributed by atoms with Gasteiger partial charge in [-0.2, -0.15) is 4.68 Å². The molecule has 0 fully saturated rings. The minimum Gasteiger partial charge on any atom is -0.497 e. The molecule has 2 aromatic carbocycles. The van der Waals surface area contributed by atoms with Crippen molar-refractivity contribution in [2.24, 2.45) is 0 Å². The van der Waals surface area contributed by atoms with Crippen molar-refractivity contribution in [2.45, 2.75) is 6.04 Å². The van der Waals surface area contributed by atoms with E-state index in [1.54, 1.807) is 26.0 Å². The van der Waals surface area contributed by atoms with Gasteiger partial charge in [0.05, 0.1) is 21.3 Å². The van der Waals surface area contributed by atoms with Gasteiger partial charge in [-0.3, -0.25) is 0 Å². The van der Waals surface area contributed by atoms with E-state index in [2.05, 4.69) is 26.9 Å². The van der Waals surface area contributed by atoms with E-state index in [1.807, 2.05) is 42.5 Å². The Balaban J connectivity index is 1.85. The number of anilines is 1. The quantitative estimate of drug-likeness (QED) is 0.744. The number of nitrogens with one attached hydrogen (secondary N) is 1. The lowest BCUT2D eigenvalue weighted by Crippen LogP contribution is -2.21. The van der Waals surface area contributed by atoms with Crippen LogP contribution in [0.1, 0.15) is 17.2 Å². The Kier molecular flexibility index (Phi) is 4.37. The molecule has 1 N–H and O–H groups in total. The standard InChI is InChI=1S/C19H19N5O3/c1-25-13-7-4-6-12(10-13)15-11-16(24-19(20-15)21-22-23-24)14-8-5-9-17(26-2)18(14)27-3/h4-11,16H,1-3H3,(H,20,21,23)/t16-/m1/s1. The highest BCUT2D eigenvalue weighted by Crippen LogP contribution is 2.40. The number of allylic oxidation sites excluding steroid dienone is 1. The van der Waals surface area contributed by atoms with Crippen LogP contribution in [0.25, 0.3) is 5.70 Å². The molecular formula is C19H19N5O3. The molecule has 0 spiro atoms. The lowest BCUT2D eigenvalue weighted by Gasteiger charge is -2.25. The summed E-state index contributed by atoms with van der Waals surface area (Å²) in [5, 5.41) is 15.3. The first-order valence-corrected chi connectivity index (χ1v) is 8.37. The molecule has 0 amide bonds. The second-order valence-electron chi connectivity index (χ2n) is 5.91. The van der Waals surface area contributed by atoms with Gasteiger partial charge in [0.2, 0.25) is 5.95 Å². The predicted molar refractivity (Wildman–Crippen MR) is 100 cm³/mol. The number of methoxy groups -OCH3 is 3. The SMILES string of the molecule is COc1cccc(C2=C[C@H](c3cccc(OC)c3OC)n3nnnc3N2)c1. The Morgan fingerprint density at radius 2 is 1.85 bits per heavy atom. The third kappa shape index (κ3) is 2.95. The molecule has 1 aliphatic rings. The van der Waals surface area contributed by atoms with Crippen LogP contribution in [-0.2, 0) is 0 Å². The molecule has 1 aliphatic heterocycles. The number of nitrogens with zero attached hydrogens (tertiary/aromatic N) is 4. The summed E-state index contributed by atoms with van der Waals surface area (Å²) in [6, 6.07) is 13.3. The van der Waals surface area contributed by atoms with Gasteiger partial charge in [-0.05, 0) is 34.7 Å². The molecule has 8 heteroatoms. The number of tetrazole rings is 1. The summed E-state index contributed by atoms with van der Waals surface area (Å²) in [4.78, 5) is 0.